The van der Waals surface area contributed by atoms with Crippen LogP contribution in [0.15, 0.2) is 39.3 Å². The number of rotatable bonds is 4. The van der Waals surface area contributed by atoms with Crippen LogP contribution in [0.5, 0.6) is 0 Å². The molecule has 2 heterocycles. The highest BCUT2D eigenvalue weighted by Crippen LogP contribution is 2.35. The Labute approximate surface area is 177 Å². The predicted octanol–water partition coefficient (Wildman–Crippen LogP) is 5.32. The zero-order valence-electron chi connectivity index (χ0n) is 15.6. The van der Waals surface area contributed by atoms with Gasteiger partial charge in [0.1, 0.15) is 4.21 Å². The number of hydrogen-bond acceptors (Lipinski definition) is 5. The first-order chi connectivity index (χ1) is 13.3. The molecule has 0 saturated heterocycles. The van der Waals surface area contributed by atoms with E-state index < -0.39 is 10.0 Å². The van der Waals surface area contributed by atoms with Crippen LogP contribution >= 0.6 is 34.3 Å². The number of sulfonamides is 1. The fraction of sp³-hybridized carbons (Fsp3) is 0.350. The molecule has 2 aromatic heterocycles. The second-order valence-corrected chi connectivity index (χ2v) is 12.1. The van der Waals surface area contributed by atoms with E-state index >= 15 is 0 Å². The molecule has 0 fully saturated rings. The van der Waals surface area contributed by atoms with Gasteiger partial charge in [0.2, 0.25) is 0 Å². The van der Waals surface area contributed by atoms with E-state index in [0.717, 1.165) is 52.2 Å². The summed E-state index contributed by atoms with van der Waals surface area (Å²) in [6.45, 7) is 2.19. The van der Waals surface area contributed by atoms with Crippen molar-refractivity contribution in [1.29, 1.82) is 0 Å². The molecule has 1 aliphatic carbocycles. The average molecular weight is 454 g/mol. The third-order valence-electron chi connectivity index (χ3n) is 5.43. The maximum absolute atomic E-state index is 12.9. The smallest absolute Gasteiger partial charge is 0.273 e. The SMILES string of the molecule is CCC1CCc2c(sc3cc(N(C)S(=O)(=O)c4ccc(Cl)s4)ccc3c2=O)C1. The molecule has 4 nitrogen and oxygen atoms in total. The molecule has 0 bridgehead atoms. The summed E-state index contributed by atoms with van der Waals surface area (Å²) in [5.41, 5.74) is 1.58. The molecule has 1 aromatic carbocycles. The minimum Gasteiger partial charge on any atom is -0.289 e. The van der Waals surface area contributed by atoms with E-state index in [1.54, 1.807) is 29.5 Å². The van der Waals surface area contributed by atoms with E-state index in [4.69, 9.17) is 11.6 Å². The Kier molecular flexibility index (Phi) is 5.29. The van der Waals surface area contributed by atoms with Gasteiger partial charge in [-0.2, -0.15) is 0 Å². The molecule has 1 unspecified atom stereocenters. The third-order valence-corrected chi connectivity index (χ3v) is 10.1. The van der Waals surface area contributed by atoms with Crippen molar-refractivity contribution in [1.82, 2.24) is 0 Å². The highest BCUT2D eigenvalue weighted by molar-refractivity contribution is 7.94. The van der Waals surface area contributed by atoms with Gasteiger partial charge in [0, 0.05) is 27.6 Å². The predicted molar refractivity (Wildman–Crippen MR) is 119 cm³/mol. The summed E-state index contributed by atoms with van der Waals surface area (Å²) in [6.07, 6.45) is 3.96. The van der Waals surface area contributed by atoms with Crippen molar-refractivity contribution in [2.75, 3.05) is 11.4 Å². The van der Waals surface area contributed by atoms with Gasteiger partial charge in [-0.3, -0.25) is 9.10 Å². The molecule has 0 N–H and O–H groups in total. The molecule has 28 heavy (non-hydrogen) atoms. The van der Waals surface area contributed by atoms with Crippen LogP contribution in [0, 0.1) is 5.92 Å². The lowest BCUT2D eigenvalue weighted by Gasteiger charge is -2.23. The van der Waals surface area contributed by atoms with Crippen LogP contribution in [0.25, 0.3) is 10.1 Å². The van der Waals surface area contributed by atoms with Crippen LogP contribution in [0.3, 0.4) is 0 Å². The van der Waals surface area contributed by atoms with Crippen molar-refractivity contribution < 1.29 is 8.42 Å². The second-order valence-electron chi connectivity index (χ2n) is 7.06. The number of fused-ring (bicyclic) bond motifs is 2. The molecule has 3 aromatic rings. The Morgan fingerprint density at radius 1 is 1.21 bits per heavy atom. The number of anilines is 1. The zero-order valence-corrected chi connectivity index (χ0v) is 18.8. The fourth-order valence-corrected chi connectivity index (χ4v) is 7.85. The van der Waals surface area contributed by atoms with Crippen LogP contribution in [0.1, 0.15) is 30.2 Å². The first-order valence-corrected chi connectivity index (χ1v) is 12.6. The summed E-state index contributed by atoms with van der Waals surface area (Å²) in [7, 11) is -2.16. The first kappa shape index (κ1) is 19.9. The number of thiophene rings is 1. The van der Waals surface area contributed by atoms with E-state index in [-0.39, 0.29) is 9.64 Å². The molecular weight excluding hydrogens is 434 g/mol. The van der Waals surface area contributed by atoms with Gasteiger partial charge >= 0.3 is 0 Å². The van der Waals surface area contributed by atoms with Crippen molar-refractivity contribution in [2.24, 2.45) is 5.92 Å². The number of halogens is 1. The minimum absolute atomic E-state index is 0.0976. The van der Waals surface area contributed by atoms with E-state index in [9.17, 15) is 13.2 Å². The van der Waals surface area contributed by atoms with Gasteiger partial charge in [0.15, 0.2) is 5.43 Å². The van der Waals surface area contributed by atoms with Gasteiger partial charge in [0.25, 0.3) is 10.0 Å². The molecule has 1 atom stereocenters. The summed E-state index contributed by atoms with van der Waals surface area (Å²) in [4.78, 5) is 14.1. The first-order valence-electron chi connectivity index (χ1n) is 9.14. The second kappa shape index (κ2) is 7.44. The summed E-state index contributed by atoms with van der Waals surface area (Å²) in [5, 5.41) is 0.674. The Balaban J connectivity index is 1.78. The molecule has 1 aliphatic rings. The number of hydrogen-bond donors (Lipinski definition) is 0. The summed E-state index contributed by atoms with van der Waals surface area (Å²) >= 11 is 8.56. The van der Waals surface area contributed by atoms with Crippen molar-refractivity contribution in [3.05, 3.63) is 55.3 Å². The molecule has 0 aliphatic heterocycles. The third kappa shape index (κ3) is 3.38. The lowest BCUT2D eigenvalue weighted by molar-refractivity contribution is 0.448. The molecule has 0 radical (unpaired) electrons. The van der Waals surface area contributed by atoms with E-state index in [1.807, 2.05) is 6.07 Å². The monoisotopic (exact) mass is 453 g/mol. The summed E-state index contributed by atoms with van der Waals surface area (Å²) < 4.78 is 28.5. The van der Waals surface area contributed by atoms with Crippen molar-refractivity contribution in [3.63, 3.8) is 0 Å². The Hall–Kier alpha value is -1.41. The van der Waals surface area contributed by atoms with Crippen molar-refractivity contribution in [3.8, 4) is 0 Å². The number of benzene rings is 1. The molecule has 8 heteroatoms. The van der Waals surface area contributed by atoms with Crippen LogP contribution < -0.4 is 9.73 Å². The Bertz CT molecular complexity index is 1210. The molecule has 148 valence electrons. The summed E-state index contributed by atoms with van der Waals surface area (Å²) in [5.74, 6) is 0.621. The Morgan fingerprint density at radius 2 is 2.00 bits per heavy atom. The average Bonchev–Trinajstić information content (AvgIpc) is 3.14. The largest absolute Gasteiger partial charge is 0.289 e. The molecule has 0 saturated carbocycles. The van der Waals surface area contributed by atoms with E-state index in [1.165, 1.54) is 17.4 Å². The topological polar surface area (TPSA) is 54.5 Å². The molecule has 0 amide bonds. The normalized spacial score (nSPS) is 16.9. The zero-order chi connectivity index (χ0) is 20.1. The van der Waals surface area contributed by atoms with E-state index in [0.29, 0.717) is 21.3 Å². The Morgan fingerprint density at radius 3 is 2.68 bits per heavy atom. The van der Waals surface area contributed by atoms with E-state index in [2.05, 4.69) is 6.92 Å². The molecular formula is C20H20ClNO3S3. The minimum atomic E-state index is -3.69. The van der Waals surface area contributed by atoms with Gasteiger partial charge in [-0.15, -0.1) is 22.7 Å². The highest BCUT2D eigenvalue weighted by Gasteiger charge is 2.25. The van der Waals surface area contributed by atoms with Gasteiger partial charge in [-0.25, -0.2) is 8.42 Å². The van der Waals surface area contributed by atoms with Gasteiger partial charge in [0.05, 0.1) is 10.0 Å². The fourth-order valence-electron chi connectivity index (χ4n) is 3.65. The van der Waals surface area contributed by atoms with Crippen molar-refractivity contribution in [2.45, 2.75) is 36.8 Å². The van der Waals surface area contributed by atoms with Crippen molar-refractivity contribution >= 4 is 60.1 Å². The van der Waals surface area contributed by atoms with Crippen LogP contribution in [-0.4, -0.2) is 15.5 Å². The standard InChI is InChI=1S/C20H20ClNO3S3/c1-3-12-4-6-14-16(10-12)26-17-11-13(5-7-15(17)20(14)23)22(2)28(24,25)19-9-8-18(21)27-19/h5,7-9,11-12H,3-4,6,10H2,1-2H3. The lowest BCUT2D eigenvalue weighted by atomic mass is 9.87. The van der Waals surface area contributed by atoms with Gasteiger partial charge in [-0.05, 0) is 55.5 Å². The molecule has 4 rings (SSSR count). The lowest BCUT2D eigenvalue weighted by Crippen LogP contribution is -2.26. The summed E-state index contributed by atoms with van der Waals surface area (Å²) in [6, 6.07) is 8.36. The van der Waals surface area contributed by atoms with Gasteiger partial charge in [-0.1, -0.05) is 24.9 Å². The maximum Gasteiger partial charge on any atom is 0.273 e. The quantitative estimate of drug-likeness (QED) is 0.537. The number of nitrogens with zero attached hydrogens (tertiary/aromatic N) is 1. The van der Waals surface area contributed by atoms with Crippen LogP contribution in [0.2, 0.25) is 4.34 Å². The molecule has 0 spiro atoms. The van der Waals surface area contributed by atoms with Crippen LogP contribution in [0.4, 0.5) is 5.69 Å². The van der Waals surface area contributed by atoms with Gasteiger partial charge < -0.3 is 0 Å². The maximum atomic E-state index is 12.9. The van der Waals surface area contributed by atoms with Crippen LogP contribution in [-0.2, 0) is 22.9 Å². The highest BCUT2D eigenvalue weighted by atomic mass is 35.5.